The number of benzene rings is 1. The number of hydrogen-bond acceptors (Lipinski definition) is 4. The summed E-state index contributed by atoms with van der Waals surface area (Å²) in [6.45, 7) is 0.00571. The zero-order valence-electron chi connectivity index (χ0n) is 12.1. The molecule has 1 amide bonds. The van der Waals surface area contributed by atoms with Crippen molar-refractivity contribution < 1.29 is 21.8 Å². The molecule has 1 unspecified atom stereocenters. The van der Waals surface area contributed by atoms with Crippen molar-refractivity contribution in [2.45, 2.75) is 43.1 Å². The van der Waals surface area contributed by atoms with E-state index in [0.29, 0.717) is 12.8 Å². The van der Waals surface area contributed by atoms with Gasteiger partial charge in [0.15, 0.2) is 0 Å². The molecule has 2 fully saturated rings. The molecule has 1 heterocycles. The Morgan fingerprint density at radius 3 is 2.55 bits per heavy atom. The molecular weight excluding hydrogens is 309 g/mol. The van der Waals surface area contributed by atoms with Crippen molar-refractivity contribution in [3.63, 3.8) is 0 Å². The minimum absolute atomic E-state index is 0.119. The van der Waals surface area contributed by atoms with Gasteiger partial charge in [0.1, 0.15) is 11.9 Å². The summed E-state index contributed by atoms with van der Waals surface area (Å²) >= 11 is 0. The van der Waals surface area contributed by atoms with Gasteiger partial charge in [0, 0.05) is 12.1 Å². The van der Waals surface area contributed by atoms with E-state index in [1.807, 2.05) is 30.3 Å². The number of hydrogen-bond donors (Lipinski definition) is 0. The lowest BCUT2D eigenvalue weighted by atomic mass is 9.75. The average Bonchev–Trinajstić information content (AvgIpc) is 2.87. The minimum Gasteiger partial charge on any atom is -0.445 e. The van der Waals surface area contributed by atoms with Gasteiger partial charge in [-0.2, -0.15) is 8.42 Å². The molecule has 1 saturated carbocycles. The monoisotopic (exact) mass is 327 g/mol. The fraction of sp³-hybridized carbons (Fsp3) is 0.533. The van der Waals surface area contributed by atoms with Crippen molar-refractivity contribution in [2.24, 2.45) is 0 Å². The lowest BCUT2D eigenvalue weighted by molar-refractivity contribution is 0.0307. The van der Waals surface area contributed by atoms with Crippen molar-refractivity contribution >= 4 is 16.3 Å². The summed E-state index contributed by atoms with van der Waals surface area (Å²) in [7, 11) is -4.63. The standard InChI is InChI=1S/C15H18FNO4S/c16-22(19,20)13-9-15(7-4-8-15)17(10-13)14(18)21-11-12-5-2-1-3-6-12/h1-3,5-6,13H,4,7-11H2. The molecule has 3 rings (SSSR count). The fourth-order valence-electron chi connectivity index (χ4n) is 3.31. The van der Waals surface area contributed by atoms with Crippen LogP contribution in [0.3, 0.4) is 0 Å². The van der Waals surface area contributed by atoms with Gasteiger partial charge in [-0.1, -0.05) is 30.3 Å². The van der Waals surface area contributed by atoms with Gasteiger partial charge in [0.2, 0.25) is 0 Å². The third kappa shape index (κ3) is 2.82. The second-order valence-electron chi connectivity index (χ2n) is 6.03. The minimum atomic E-state index is -4.63. The maximum atomic E-state index is 13.3. The molecule has 1 spiro atoms. The molecule has 0 radical (unpaired) electrons. The van der Waals surface area contributed by atoms with Gasteiger partial charge in [-0.05, 0) is 31.2 Å². The highest BCUT2D eigenvalue weighted by Crippen LogP contribution is 2.47. The maximum absolute atomic E-state index is 13.3. The summed E-state index contributed by atoms with van der Waals surface area (Å²) in [5.41, 5.74) is 0.324. The lowest BCUT2D eigenvalue weighted by Crippen LogP contribution is -2.52. The number of likely N-dealkylation sites (tertiary alicyclic amines) is 1. The second kappa shape index (κ2) is 5.53. The summed E-state index contributed by atoms with van der Waals surface area (Å²) < 4.78 is 40.9. The van der Waals surface area contributed by atoms with E-state index in [1.165, 1.54) is 4.90 Å². The molecule has 0 N–H and O–H groups in total. The Kier molecular flexibility index (Phi) is 3.84. The van der Waals surface area contributed by atoms with Crippen LogP contribution in [0.4, 0.5) is 8.68 Å². The number of carbonyl (C=O) groups is 1. The Hall–Kier alpha value is -1.63. The van der Waals surface area contributed by atoms with Crippen molar-refractivity contribution in [3.8, 4) is 0 Å². The van der Waals surface area contributed by atoms with E-state index in [4.69, 9.17) is 4.74 Å². The molecule has 1 atom stereocenters. The number of amides is 1. The van der Waals surface area contributed by atoms with E-state index in [-0.39, 0.29) is 19.6 Å². The largest absolute Gasteiger partial charge is 0.445 e. The van der Waals surface area contributed by atoms with Gasteiger partial charge in [-0.15, -0.1) is 3.89 Å². The van der Waals surface area contributed by atoms with E-state index >= 15 is 0 Å². The van der Waals surface area contributed by atoms with Crippen molar-refractivity contribution in [1.29, 1.82) is 0 Å². The Morgan fingerprint density at radius 1 is 1.32 bits per heavy atom. The molecule has 2 aliphatic rings. The molecule has 1 aliphatic carbocycles. The Balaban J connectivity index is 1.68. The molecule has 0 bridgehead atoms. The predicted molar refractivity (Wildman–Crippen MR) is 78.3 cm³/mol. The third-order valence-corrected chi connectivity index (χ3v) is 5.79. The first kappa shape index (κ1) is 15.3. The molecule has 22 heavy (non-hydrogen) atoms. The van der Waals surface area contributed by atoms with Gasteiger partial charge in [-0.3, -0.25) is 0 Å². The smallest absolute Gasteiger partial charge is 0.410 e. The molecule has 1 aromatic rings. The Morgan fingerprint density at radius 2 is 2.00 bits per heavy atom. The zero-order chi connectivity index (χ0) is 15.8. The molecule has 5 nitrogen and oxygen atoms in total. The van der Waals surface area contributed by atoms with Crippen LogP contribution >= 0.6 is 0 Å². The van der Waals surface area contributed by atoms with Crippen LogP contribution < -0.4 is 0 Å². The van der Waals surface area contributed by atoms with Gasteiger partial charge in [-0.25, -0.2) is 4.79 Å². The van der Waals surface area contributed by atoms with Gasteiger partial charge in [0.25, 0.3) is 0 Å². The van der Waals surface area contributed by atoms with E-state index in [9.17, 15) is 17.1 Å². The summed E-state index contributed by atoms with van der Waals surface area (Å²) in [5.74, 6) is 0. The normalized spacial score (nSPS) is 23.3. The molecule has 120 valence electrons. The average molecular weight is 327 g/mol. The highest BCUT2D eigenvalue weighted by atomic mass is 32.3. The van der Waals surface area contributed by atoms with Crippen LogP contribution in [0.1, 0.15) is 31.2 Å². The van der Waals surface area contributed by atoms with E-state index in [1.54, 1.807) is 0 Å². The summed E-state index contributed by atoms with van der Waals surface area (Å²) in [5, 5.41) is -1.13. The lowest BCUT2D eigenvalue weighted by Gasteiger charge is -2.44. The summed E-state index contributed by atoms with van der Waals surface area (Å²) in [6.07, 6.45) is 1.95. The number of ether oxygens (including phenoxy) is 1. The predicted octanol–water partition coefficient (Wildman–Crippen LogP) is 2.62. The van der Waals surface area contributed by atoms with Crippen molar-refractivity contribution in [2.75, 3.05) is 6.54 Å². The Bertz CT molecular complexity index is 657. The Labute approximate surface area is 129 Å². The van der Waals surface area contributed by atoms with Crippen LogP contribution in [0.25, 0.3) is 0 Å². The number of rotatable bonds is 3. The first-order valence-electron chi connectivity index (χ1n) is 7.33. The van der Waals surface area contributed by atoms with Crippen LogP contribution in [-0.2, 0) is 21.6 Å². The number of carbonyl (C=O) groups excluding carboxylic acids is 1. The first-order chi connectivity index (χ1) is 10.4. The summed E-state index contributed by atoms with van der Waals surface area (Å²) in [4.78, 5) is 13.7. The van der Waals surface area contributed by atoms with E-state index in [2.05, 4.69) is 0 Å². The van der Waals surface area contributed by atoms with Crippen LogP contribution in [0.2, 0.25) is 0 Å². The maximum Gasteiger partial charge on any atom is 0.410 e. The zero-order valence-corrected chi connectivity index (χ0v) is 12.9. The SMILES string of the molecule is O=C(OCc1ccccc1)N1CC(S(=O)(=O)F)CC12CCC2. The molecule has 1 aromatic carbocycles. The van der Waals surface area contributed by atoms with Crippen LogP contribution in [-0.4, -0.2) is 36.7 Å². The molecule has 7 heteroatoms. The molecule has 1 saturated heterocycles. The van der Waals surface area contributed by atoms with Crippen LogP contribution in [0.15, 0.2) is 30.3 Å². The molecule has 1 aliphatic heterocycles. The van der Waals surface area contributed by atoms with E-state index < -0.39 is 27.1 Å². The molecule has 0 aromatic heterocycles. The van der Waals surface area contributed by atoms with E-state index in [0.717, 1.165) is 12.0 Å². The third-order valence-electron chi connectivity index (χ3n) is 4.67. The molecular formula is C15H18FNO4S. The second-order valence-corrected chi connectivity index (χ2v) is 7.65. The van der Waals surface area contributed by atoms with Crippen LogP contribution in [0, 0.1) is 0 Å². The van der Waals surface area contributed by atoms with Gasteiger partial charge in [0.05, 0.1) is 0 Å². The highest BCUT2D eigenvalue weighted by molar-refractivity contribution is 7.87. The van der Waals surface area contributed by atoms with Crippen molar-refractivity contribution in [1.82, 2.24) is 4.90 Å². The number of nitrogens with zero attached hydrogens (tertiary/aromatic N) is 1. The highest BCUT2D eigenvalue weighted by Gasteiger charge is 2.55. The van der Waals surface area contributed by atoms with Gasteiger partial charge >= 0.3 is 16.3 Å². The van der Waals surface area contributed by atoms with Crippen molar-refractivity contribution in [3.05, 3.63) is 35.9 Å². The van der Waals surface area contributed by atoms with Crippen LogP contribution in [0.5, 0.6) is 0 Å². The summed E-state index contributed by atoms with van der Waals surface area (Å²) in [6, 6.07) is 9.23. The fourth-order valence-corrected chi connectivity index (χ4v) is 4.15. The number of halogens is 1. The first-order valence-corrected chi connectivity index (χ1v) is 8.77. The topological polar surface area (TPSA) is 63.7 Å². The quantitative estimate of drug-likeness (QED) is 0.801. The van der Waals surface area contributed by atoms with Gasteiger partial charge < -0.3 is 9.64 Å².